The van der Waals surface area contributed by atoms with Crippen molar-refractivity contribution in [1.29, 1.82) is 0 Å². The number of aliphatic carboxylic acids is 1. The van der Waals surface area contributed by atoms with Gasteiger partial charge in [0.05, 0.1) is 6.33 Å². The zero-order chi connectivity index (χ0) is 15.1. The molecule has 2 aromatic rings. The van der Waals surface area contributed by atoms with E-state index in [2.05, 4.69) is 20.6 Å². The lowest BCUT2D eigenvalue weighted by molar-refractivity contribution is -0.139. The summed E-state index contributed by atoms with van der Waals surface area (Å²) in [5.41, 5.74) is 1.81. The number of imidazole rings is 1. The van der Waals surface area contributed by atoms with E-state index in [0.717, 1.165) is 11.3 Å². The van der Waals surface area contributed by atoms with Crippen molar-refractivity contribution in [3.05, 3.63) is 54.1 Å². The largest absolute Gasteiger partial charge is 0.480 e. The van der Waals surface area contributed by atoms with Crippen LogP contribution >= 0.6 is 12.2 Å². The van der Waals surface area contributed by atoms with Gasteiger partial charge in [0.25, 0.3) is 0 Å². The molecule has 7 heteroatoms. The fourth-order valence-electron chi connectivity index (χ4n) is 1.80. The molecule has 0 bridgehead atoms. The number of carboxylic acids is 1. The Kier molecular flexibility index (Phi) is 5.28. The molecule has 0 saturated carbocycles. The maximum Gasteiger partial charge on any atom is 0.326 e. The second kappa shape index (κ2) is 7.39. The predicted octanol–water partition coefficient (Wildman–Crippen LogP) is 1.07. The predicted molar refractivity (Wildman–Crippen MR) is 82.7 cm³/mol. The Morgan fingerprint density at radius 3 is 2.76 bits per heavy atom. The van der Waals surface area contributed by atoms with Gasteiger partial charge < -0.3 is 20.7 Å². The molecule has 0 aliphatic carbocycles. The molecule has 0 aliphatic heterocycles. The summed E-state index contributed by atoms with van der Waals surface area (Å²) in [6, 6.07) is 8.94. The number of aromatic amines is 1. The zero-order valence-electron chi connectivity index (χ0n) is 11.2. The number of H-pyrrole nitrogens is 1. The average molecular weight is 304 g/mol. The van der Waals surface area contributed by atoms with E-state index in [9.17, 15) is 9.90 Å². The Balaban J connectivity index is 1.85. The third-order valence-electron chi connectivity index (χ3n) is 2.88. The molecular formula is C14H16N4O2S. The van der Waals surface area contributed by atoms with E-state index in [0.29, 0.717) is 11.7 Å². The molecule has 0 fully saturated rings. The van der Waals surface area contributed by atoms with Crippen LogP contribution in [0.25, 0.3) is 0 Å². The van der Waals surface area contributed by atoms with Crippen molar-refractivity contribution in [3.63, 3.8) is 0 Å². The second-order valence-electron chi connectivity index (χ2n) is 4.48. The van der Waals surface area contributed by atoms with Crippen LogP contribution in [0.3, 0.4) is 0 Å². The number of nitrogens with zero attached hydrogens (tertiary/aromatic N) is 1. The quantitative estimate of drug-likeness (QED) is 0.597. The minimum Gasteiger partial charge on any atom is -0.480 e. The summed E-state index contributed by atoms with van der Waals surface area (Å²) in [5, 5.41) is 15.3. The summed E-state index contributed by atoms with van der Waals surface area (Å²) >= 11 is 5.13. The first-order valence-corrected chi connectivity index (χ1v) is 6.84. The molecule has 0 radical (unpaired) electrons. The molecule has 0 aliphatic rings. The monoisotopic (exact) mass is 304 g/mol. The smallest absolute Gasteiger partial charge is 0.326 e. The Morgan fingerprint density at radius 1 is 1.38 bits per heavy atom. The first kappa shape index (κ1) is 15.0. The Hall–Kier alpha value is -2.41. The van der Waals surface area contributed by atoms with Crippen LogP contribution in [0.1, 0.15) is 11.3 Å². The minimum absolute atomic E-state index is 0.280. The van der Waals surface area contributed by atoms with Gasteiger partial charge in [-0.15, -0.1) is 0 Å². The summed E-state index contributed by atoms with van der Waals surface area (Å²) in [6.07, 6.45) is 3.39. The van der Waals surface area contributed by atoms with Gasteiger partial charge in [-0.1, -0.05) is 30.3 Å². The number of nitrogens with one attached hydrogen (secondary N) is 3. The van der Waals surface area contributed by atoms with Gasteiger partial charge in [-0.3, -0.25) is 0 Å². The van der Waals surface area contributed by atoms with E-state index < -0.39 is 12.0 Å². The van der Waals surface area contributed by atoms with E-state index in [1.54, 1.807) is 6.20 Å². The molecule has 0 unspecified atom stereocenters. The number of hydrogen-bond donors (Lipinski definition) is 4. The summed E-state index contributed by atoms with van der Waals surface area (Å²) in [4.78, 5) is 18.0. The van der Waals surface area contributed by atoms with Gasteiger partial charge in [0.1, 0.15) is 6.04 Å². The maximum absolute atomic E-state index is 11.3. The highest BCUT2D eigenvalue weighted by molar-refractivity contribution is 7.80. The van der Waals surface area contributed by atoms with Gasteiger partial charge in [-0.2, -0.15) is 0 Å². The topological polar surface area (TPSA) is 90.0 Å². The standard InChI is InChI=1S/C14H16N4O2S/c19-13(20)12(6-11-8-15-9-17-11)18-14(21)16-7-10-4-2-1-3-5-10/h1-5,8-9,12H,6-7H2,(H,15,17)(H,19,20)(H2,16,18,21)/t12-/m0/s1. The Labute approximate surface area is 127 Å². The average Bonchev–Trinajstić information content (AvgIpc) is 2.98. The first-order chi connectivity index (χ1) is 10.1. The SMILES string of the molecule is O=C(O)[C@H](Cc1cnc[nH]1)NC(=S)NCc1ccccc1. The summed E-state index contributed by atoms with van der Waals surface area (Å²) in [6.45, 7) is 0.545. The summed E-state index contributed by atoms with van der Waals surface area (Å²) < 4.78 is 0. The normalized spacial score (nSPS) is 11.6. The molecule has 1 heterocycles. The van der Waals surface area contributed by atoms with Crippen LogP contribution in [0.4, 0.5) is 0 Å². The van der Waals surface area contributed by atoms with Crippen LogP contribution < -0.4 is 10.6 Å². The van der Waals surface area contributed by atoms with Gasteiger partial charge in [-0.05, 0) is 17.8 Å². The first-order valence-electron chi connectivity index (χ1n) is 6.43. The molecule has 2 rings (SSSR count). The fraction of sp³-hybridized carbons (Fsp3) is 0.214. The molecule has 0 amide bonds. The van der Waals surface area contributed by atoms with Gasteiger partial charge in [0.2, 0.25) is 0 Å². The number of rotatable bonds is 6. The van der Waals surface area contributed by atoms with Crippen LogP contribution in [0.5, 0.6) is 0 Å². The number of carboxylic acid groups (broad SMARTS) is 1. The lowest BCUT2D eigenvalue weighted by atomic mass is 10.2. The highest BCUT2D eigenvalue weighted by atomic mass is 32.1. The van der Waals surface area contributed by atoms with E-state index >= 15 is 0 Å². The second-order valence-corrected chi connectivity index (χ2v) is 4.89. The summed E-state index contributed by atoms with van der Waals surface area (Å²) in [5.74, 6) is -0.964. The van der Waals surface area contributed by atoms with Crippen molar-refractivity contribution < 1.29 is 9.90 Å². The van der Waals surface area contributed by atoms with E-state index in [-0.39, 0.29) is 6.42 Å². The number of thiocarbonyl (C=S) groups is 1. The van der Waals surface area contributed by atoms with Crippen LogP contribution in [0.15, 0.2) is 42.9 Å². The highest BCUT2D eigenvalue weighted by Gasteiger charge is 2.19. The molecule has 21 heavy (non-hydrogen) atoms. The van der Waals surface area contributed by atoms with Gasteiger partial charge >= 0.3 is 5.97 Å². The molecule has 6 nitrogen and oxygen atoms in total. The van der Waals surface area contributed by atoms with Gasteiger partial charge in [-0.25, -0.2) is 9.78 Å². The third-order valence-corrected chi connectivity index (χ3v) is 3.14. The zero-order valence-corrected chi connectivity index (χ0v) is 12.1. The molecule has 4 N–H and O–H groups in total. The molecule has 1 aromatic heterocycles. The third kappa shape index (κ3) is 4.88. The van der Waals surface area contributed by atoms with Crippen molar-refractivity contribution >= 4 is 23.3 Å². The van der Waals surface area contributed by atoms with E-state index in [1.165, 1.54) is 6.33 Å². The Bertz CT molecular complexity index is 586. The molecular weight excluding hydrogens is 288 g/mol. The van der Waals surface area contributed by atoms with Crippen molar-refractivity contribution in [2.45, 2.75) is 19.0 Å². The molecule has 0 spiro atoms. The molecule has 1 aromatic carbocycles. The number of benzene rings is 1. The van der Waals surface area contributed by atoms with Crippen molar-refractivity contribution in [2.24, 2.45) is 0 Å². The molecule has 0 saturated heterocycles. The van der Waals surface area contributed by atoms with Crippen molar-refractivity contribution in [1.82, 2.24) is 20.6 Å². The maximum atomic E-state index is 11.3. The Morgan fingerprint density at radius 2 is 2.14 bits per heavy atom. The van der Waals surface area contributed by atoms with Crippen molar-refractivity contribution in [2.75, 3.05) is 0 Å². The van der Waals surface area contributed by atoms with Crippen LogP contribution in [0, 0.1) is 0 Å². The van der Waals surface area contributed by atoms with Crippen molar-refractivity contribution in [3.8, 4) is 0 Å². The number of hydrogen-bond acceptors (Lipinski definition) is 3. The summed E-state index contributed by atoms with van der Waals surface area (Å²) in [7, 11) is 0. The number of carbonyl (C=O) groups is 1. The lowest BCUT2D eigenvalue weighted by Crippen LogP contribution is -2.46. The van der Waals surface area contributed by atoms with E-state index in [1.807, 2.05) is 30.3 Å². The van der Waals surface area contributed by atoms with Gasteiger partial charge in [0.15, 0.2) is 5.11 Å². The molecule has 1 atom stereocenters. The fourth-order valence-corrected chi connectivity index (χ4v) is 2.02. The minimum atomic E-state index is -0.964. The van der Waals surface area contributed by atoms with Crippen LogP contribution in [-0.2, 0) is 17.8 Å². The highest BCUT2D eigenvalue weighted by Crippen LogP contribution is 2.00. The van der Waals surface area contributed by atoms with Crippen LogP contribution in [-0.4, -0.2) is 32.2 Å². The lowest BCUT2D eigenvalue weighted by Gasteiger charge is -2.16. The molecule has 110 valence electrons. The number of aromatic nitrogens is 2. The van der Waals surface area contributed by atoms with E-state index in [4.69, 9.17) is 12.2 Å². The van der Waals surface area contributed by atoms with Crippen LogP contribution in [0.2, 0.25) is 0 Å². The van der Waals surface area contributed by atoms with Gasteiger partial charge in [0, 0.05) is 24.9 Å².